The maximum Gasteiger partial charge on any atom is 0.317 e. The molecule has 25 heavy (non-hydrogen) atoms. The van der Waals surface area contributed by atoms with Gasteiger partial charge < -0.3 is 16.5 Å². The van der Waals surface area contributed by atoms with Crippen LogP contribution in [0.4, 0.5) is 0 Å². The highest BCUT2D eigenvalue weighted by molar-refractivity contribution is 6.90. The molecule has 9 heteroatoms. The number of rotatable bonds is 12. The molecule has 0 bridgehead atoms. The van der Waals surface area contributed by atoms with E-state index in [1.165, 1.54) is 0 Å². The highest BCUT2D eigenvalue weighted by Crippen LogP contribution is 2.31. The number of hydrogen-bond acceptors (Lipinski definition) is 4. The third kappa shape index (κ3) is 12.1. The molecule has 0 saturated carbocycles. The van der Waals surface area contributed by atoms with Crippen molar-refractivity contribution in [2.24, 2.45) is 0 Å². The van der Waals surface area contributed by atoms with Gasteiger partial charge >= 0.3 is 25.7 Å². The van der Waals surface area contributed by atoms with Crippen LogP contribution in [0.2, 0.25) is 77.6 Å². The quantitative estimate of drug-likeness (QED) is 0.329. The van der Waals surface area contributed by atoms with E-state index in [0.29, 0.717) is 0 Å². The predicted molar refractivity (Wildman–Crippen MR) is 122 cm³/mol. The largest absolute Gasteiger partial charge is 0.437 e. The third-order valence-electron chi connectivity index (χ3n) is 3.38. The van der Waals surface area contributed by atoms with Crippen molar-refractivity contribution < 1.29 is 16.5 Å². The van der Waals surface area contributed by atoms with Gasteiger partial charge in [-0.05, 0) is 77.6 Å². The van der Waals surface area contributed by atoms with Gasteiger partial charge in [-0.3, -0.25) is 0 Å². The van der Waals surface area contributed by atoms with Crippen molar-refractivity contribution in [3.8, 4) is 0 Å². The molecule has 2 atom stereocenters. The molecule has 0 aromatic carbocycles. The fourth-order valence-corrected chi connectivity index (χ4v) is 27.5. The van der Waals surface area contributed by atoms with Crippen LogP contribution in [-0.4, -0.2) is 42.3 Å². The summed E-state index contributed by atoms with van der Waals surface area (Å²) in [7, 11) is -10.1. The molecular weight excluding hydrogens is 397 g/mol. The monoisotopic (exact) mass is 440 g/mol. The molecule has 0 rings (SSSR count). The highest BCUT2D eigenvalue weighted by Gasteiger charge is 2.48. The van der Waals surface area contributed by atoms with Gasteiger partial charge in [-0.1, -0.05) is 26.7 Å². The molecule has 0 fully saturated rings. The van der Waals surface area contributed by atoms with Gasteiger partial charge in [-0.15, -0.1) is 0 Å². The van der Waals surface area contributed by atoms with Crippen molar-refractivity contribution in [2.45, 2.75) is 104 Å². The molecule has 0 aromatic rings. The van der Waals surface area contributed by atoms with E-state index in [0.717, 1.165) is 24.9 Å². The third-order valence-corrected chi connectivity index (χ3v) is 21.9. The molecule has 0 aliphatic heterocycles. The molecule has 152 valence electrons. The topological polar surface area (TPSA) is 36.9 Å². The molecule has 0 aromatic heterocycles. The van der Waals surface area contributed by atoms with Gasteiger partial charge in [0, 0.05) is 0 Å². The molecule has 0 radical (unpaired) electrons. The number of hydrogen-bond donors (Lipinski definition) is 0. The smallest absolute Gasteiger partial charge is 0.317 e. The lowest BCUT2D eigenvalue weighted by Gasteiger charge is -2.44. The molecule has 4 nitrogen and oxygen atoms in total. The Bertz CT molecular complexity index is 408. The zero-order chi connectivity index (χ0) is 20.2. The van der Waals surface area contributed by atoms with Crippen LogP contribution in [0.5, 0.6) is 0 Å². The van der Waals surface area contributed by atoms with E-state index in [2.05, 4.69) is 79.3 Å². The minimum absolute atomic E-state index is 1.000. The van der Waals surface area contributed by atoms with Crippen molar-refractivity contribution in [1.82, 2.24) is 0 Å². The van der Waals surface area contributed by atoms with Crippen molar-refractivity contribution in [3.05, 3.63) is 0 Å². The second-order valence-corrected chi connectivity index (χ2v) is 29.9. The minimum Gasteiger partial charge on any atom is -0.437 e. The van der Waals surface area contributed by atoms with Crippen LogP contribution in [0, 0.1) is 0 Å². The van der Waals surface area contributed by atoms with Crippen molar-refractivity contribution in [2.75, 3.05) is 0 Å². The molecule has 0 amide bonds. The van der Waals surface area contributed by atoms with Gasteiger partial charge in [0.2, 0.25) is 0 Å². The summed E-state index contributed by atoms with van der Waals surface area (Å²) in [5.74, 6) is 0. The van der Waals surface area contributed by atoms with E-state index >= 15 is 0 Å². The summed E-state index contributed by atoms with van der Waals surface area (Å²) in [6.07, 6.45) is 2.17. The van der Waals surface area contributed by atoms with Gasteiger partial charge in [0.25, 0.3) is 0 Å². The average molecular weight is 441 g/mol. The Hall–Kier alpha value is 0.924. The lowest BCUT2D eigenvalue weighted by atomic mass is 10.6. The molecule has 0 heterocycles. The van der Waals surface area contributed by atoms with Crippen molar-refractivity contribution in [1.29, 1.82) is 0 Å². The van der Waals surface area contributed by atoms with Crippen LogP contribution in [0.1, 0.15) is 26.7 Å². The first-order chi connectivity index (χ1) is 10.9. The van der Waals surface area contributed by atoms with Gasteiger partial charge in [0.1, 0.15) is 0 Å². The summed E-state index contributed by atoms with van der Waals surface area (Å²) < 4.78 is 26.7. The molecule has 0 spiro atoms. The highest BCUT2D eigenvalue weighted by atomic mass is 28.5. The zero-order valence-corrected chi connectivity index (χ0v) is 24.0. The van der Waals surface area contributed by atoms with Gasteiger partial charge in [-0.2, -0.15) is 0 Å². The lowest BCUT2D eigenvalue weighted by molar-refractivity contribution is 0.288. The first kappa shape index (κ1) is 25.9. The Morgan fingerprint density at radius 3 is 1.16 bits per heavy atom. The first-order valence-electron chi connectivity index (χ1n) is 9.75. The van der Waals surface area contributed by atoms with Crippen molar-refractivity contribution in [3.63, 3.8) is 0 Å². The fourth-order valence-electron chi connectivity index (χ4n) is 3.54. The average Bonchev–Trinajstić information content (AvgIpc) is 2.19. The van der Waals surface area contributed by atoms with Crippen molar-refractivity contribution >= 4 is 42.3 Å². The van der Waals surface area contributed by atoms with Crippen LogP contribution < -0.4 is 0 Å². The summed E-state index contributed by atoms with van der Waals surface area (Å²) in [5, 5.41) is 0. The van der Waals surface area contributed by atoms with E-state index in [4.69, 9.17) is 16.5 Å². The summed E-state index contributed by atoms with van der Waals surface area (Å²) >= 11 is 0. The normalized spacial score (nSPS) is 18.7. The maximum absolute atomic E-state index is 6.87. The Labute approximate surface area is 163 Å². The predicted octanol–water partition coefficient (Wildman–Crippen LogP) is 6.39. The maximum atomic E-state index is 6.87. The summed E-state index contributed by atoms with van der Waals surface area (Å²) in [6.45, 7) is 26.7. The molecule has 0 saturated heterocycles. The molecule has 2 unspecified atom stereocenters. The second kappa shape index (κ2) is 9.42. The summed E-state index contributed by atoms with van der Waals surface area (Å²) in [5.41, 5.74) is 0. The Balaban J connectivity index is 5.45. The van der Waals surface area contributed by atoms with E-state index < -0.39 is 42.3 Å². The SMILES string of the molecule is CCC[Si](C)(O[Si](C)(C)C)O[Si](C)(CCC)O[Si](C)(C)O[Si](C)(C)C. The summed E-state index contributed by atoms with van der Waals surface area (Å²) in [4.78, 5) is 0. The van der Waals surface area contributed by atoms with E-state index in [-0.39, 0.29) is 0 Å². The van der Waals surface area contributed by atoms with Gasteiger partial charge in [-0.25, -0.2) is 0 Å². The molecule has 0 aliphatic rings. The van der Waals surface area contributed by atoms with Crippen LogP contribution in [-0.2, 0) is 16.5 Å². The molecule has 0 aliphatic carbocycles. The second-order valence-electron chi connectivity index (χ2n) is 9.80. The Kier molecular flexibility index (Phi) is 9.76. The Morgan fingerprint density at radius 1 is 0.480 bits per heavy atom. The van der Waals surface area contributed by atoms with Gasteiger partial charge in [0.05, 0.1) is 0 Å². The minimum atomic E-state index is -2.34. The fraction of sp³-hybridized carbons (Fsp3) is 1.00. The van der Waals surface area contributed by atoms with E-state index in [9.17, 15) is 0 Å². The van der Waals surface area contributed by atoms with Crippen LogP contribution >= 0.6 is 0 Å². The first-order valence-corrected chi connectivity index (χ1v) is 24.4. The summed E-state index contributed by atoms with van der Waals surface area (Å²) in [6, 6.07) is 2.03. The van der Waals surface area contributed by atoms with E-state index in [1.807, 2.05) is 0 Å². The van der Waals surface area contributed by atoms with Crippen LogP contribution in [0.25, 0.3) is 0 Å². The zero-order valence-electron chi connectivity index (χ0n) is 19.0. The van der Waals surface area contributed by atoms with Crippen LogP contribution in [0.15, 0.2) is 0 Å². The lowest BCUT2D eigenvalue weighted by Crippen LogP contribution is -2.60. The molecule has 0 N–H and O–H groups in total. The standard InChI is InChI=1S/C16H44O4Si5/c1-13-15-24(11,18-22(6,7)8)20-25(12,16-14-2)19-23(9,10)17-21(3,4)5/h13-16H2,1-12H3. The Morgan fingerprint density at radius 2 is 0.840 bits per heavy atom. The molecular formula is C16H44O4Si5. The van der Waals surface area contributed by atoms with E-state index in [1.54, 1.807) is 0 Å². The van der Waals surface area contributed by atoms with Gasteiger partial charge in [0.15, 0.2) is 16.6 Å². The van der Waals surface area contributed by atoms with Crippen LogP contribution in [0.3, 0.4) is 0 Å².